The lowest BCUT2D eigenvalue weighted by molar-refractivity contribution is -0.122. The predicted molar refractivity (Wildman–Crippen MR) is 134 cm³/mol. The van der Waals surface area contributed by atoms with E-state index in [4.69, 9.17) is 17.0 Å². The first-order valence-corrected chi connectivity index (χ1v) is 11.9. The molecule has 1 amide bonds. The third-order valence-corrected chi connectivity index (χ3v) is 7.27. The van der Waals surface area contributed by atoms with Crippen LogP contribution in [0, 0.1) is 18.3 Å². The van der Waals surface area contributed by atoms with Crippen molar-refractivity contribution in [1.82, 2.24) is 9.47 Å². The van der Waals surface area contributed by atoms with E-state index in [1.54, 1.807) is 24.9 Å². The highest BCUT2D eigenvalue weighted by molar-refractivity contribution is 8.26. The van der Waals surface area contributed by atoms with Gasteiger partial charge in [0, 0.05) is 32.2 Å². The maximum Gasteiger partial charge on any atom is 0.270 e. The van der Waals surface area contributed by atoms with Crippen molar-refractivity contribution in [2.75, 3.05) is 37.7 Å². The summed E-state index contributed by atoms with van der Waals surface area (Å²) in [5.41, 5.74) is 2.14. The van der Waals surface area contributed by atoms with Gasteiger partial charge >= 0.3 is 0 Å². The van der Waals surface area contributed by atoms with Crippen LogP contribution in [0.25, 0.3) is 6.08 Å². The smallest absolute Gasteiger partial charge is 0.270 e. The van der Waals surface area contributed by atoms with Gasteiger partial charge in [-0.25, -0.2) is 0 Å². The van der Waals surface area contributed by atoms with Crippen molar-refractivity contribution >= 4 is 46.1 Å². The van der Waals surface area contributed by atoms with Crippen LogP contribution in [0.3, 0.4) is 0 Å². The summed E-state index contributed by atoms with van der Waals surface area (Å²) in [6.07, 6.45) is 2.49. The molecule has 2 saturated heterocycles. The Morgan fingerprint density at radius 2 is 1.91 bits per heavy atom. The molecule has 9 heteroatoms. The number of carbonyl (C=O) groups excluding carboxylic acids is 1. The molecule has 0 aliphatic carbocycles. The Hall–Kier alpha value is -2.93. The summed E-state index contributed by atoms with van der Waals surface area (Å²) in [6.45, 7) is 4.60. The number of pyridine rings is 1. The third-order valence-electron chi connectivity index (χ3n) is 5.89. The van der Waals surface area contributed by atoms with Gasteiger partial charge in [-0.05, 0) is 30.5 Å². The largest absolute Gasteiger partial charge is 0.378 e. The number of nitriles is 1. The predicted octanol–water partition coefficient (Wildman–Crippen LogP) is 2.85. The Morgan fingerprint density at radius 3 is 2.58 bits per heavy atom. The number of thiocarbonyl (C=S) groups is 1. The van der Waals surface area contributed by atoms with Crippen molar-refractivity contribution in [1.29, 1.82) is 5.26 Å². The van der Waals surface area contributed by atoms with Crippen LogP contribution in [0.4, 0.5) is 5.82 Å². The number of ether oxygens (including phenoxy) is 1. The van der Waals surface area contributed by atoms with Crippen LogP contribution in [0.5, 0.6) is 0 Å². The molecule has 0 N–H and O–H groups in total. The molecule has 33 heavy (non-hydrogen) atoms. The molecule has 0 atom stereocenters. The van der Waals surface area contributed by atoms with E-state index in [-0.39, 0.29) is 17.0 Å². The maximum absolute atomic E-state index is 13.2. The summed E-state index contributed by atoms with van der Waals surface area (Å²) in [4.78, 5) is 30.2. The number of rotatable bonds is 5. The molecule has 1 aromatic carbocycles. The first kappa shape index (κ1) is 23.2. The number of hydrogen-bond donors (Lipinski definition) is 0. The molecule has 3 heterocycles. The van der Waals surface area contributed by atoms with E-state index in [9.17, 15) is 14.9 Å². The van der Waals surface area contributed by atoms with Gasteiger partial charge in [0.05, 0.1) is 18.1 Å². The molecular weight excluding hydrogens is 456 g/mol. The minimum atomic E-state index is -0.343. The van der Waals surface area contributed by atoms with E-state index in [0.29, 0.717) is 65.4 Å². The van der Waals surface area contributed by atoms with Crippen molar-refractivity contribution in [2.24, 2.45) is 7.05 Å². The van der Waals surface area contributed by atoms with Gasteiger partial charge in [0.2, 0.25) is 0 Å². The van der Waals surface area contributed by atoms with Crippen LogP contribution in [-0.4, -0.2) is 52.5 Å². The van der Waals surface area contributed by atoms with Crippen LogP contribution >= 0.6 is 24.0 Å². The molecule has 2 aliphatic heterocycles. The number of hydrogen-bond acceptors (Lipinski definition) is 7. The number of benzene rings is 1. The zero-order valence-electron chi connectivity index (χ0n) is 18.5. The Morgan fingerprint density at radius 1 is 1.21 bits per heavy atom. The monoisotopic (exact) mass is 480 g/mol. The topological polar surface area (TPSA) is 78.6 Å². The molecule has 0 spiro atoms. The molecule has 2 aromatic rings. The third kappa shape index (κ3) is 4.60. The fraction of sp³-hybridized carbons (Fsp3) is 0.333. The number of carbonyl (C=O) groups is 1. The molecule has 0 radical (unpaired) electrons. The summed E-state index contributed by atoms with van der Waals surface area (Å²) in [5, 5.41) is 9.61. The summed E-state index contributed by atoms with van der Waals surface area (Å²) >= 11 is 6.76. The number of amides is 1. The van der Waals surface area contributed by atoms with E-state index < -0.39 is 0 Å². The molecular formula is C24H24N4O3S2. The fourth-order valence-corrected chi connectivity index (χ4v) is 5.37. The quantitative estimate of drug-likeness (QED) is 0.481. The average molecular weight is 481 g/mol. The van der Waals surface area contributed by atoms with Crippen LogP contribution in [0.2, 0.25) is 0 Å². The molecule has 4 rings (SSSR count). The van der Waals surface area contributed by atoms with Gasteiger partial charge in [-0.1, -0.05) is 54.3 Å². The Kier molecular flexibility index (Phi) is 6.98. The lowest BCUT2D eigenvalue weighted by Gasteiger charge is -2.32. The van der Waals surface area contributed by atoms with E-state index in [1.807, 2.05) is 36.4 Å². The number of thioether (sulfide) groups is 1. The molecule has 2 fully saturated rings. The van der Waals surface area contributed by atoms with E-state index in [1.165, 1.54) is 16.3 Å². The molecule has 2 aliphatic rings. The highest BCUT2D eigenvalue weighted by Crippen LogP contribution is 2.35. The zero-order chi connectivity index (χ0) is 23.5. The summed E-state index contributed by atoms with van der Waals surface area (Å²) in [6, 6.07) is 12.0. The zero-order valence-corrected chi connectivity index (χ0v) is 20.2. The Bertz CT molecular complexity index is 1220. The van der Waals surface area contributed by atoms with Crippen LogP contribution in [0.15, 0.2) is 40.0 Å². The van der Waals surface area contributed by atoms with Gasteiger partial charge in [-0.3, -0.25) is 19.1 Å². The van der Waals surface area contributed by atoms with E-state index >= 15 is 0 Å². The summed E-state index contributed by atoms with van der Waals surface area (Å²) < 4.78 is 7.48. The highest BCUT2D eigenvalue weighted by Gasteiger charge is 2.33. The van der Waals surface area contributed by atoms with Crippen LogP contribution in [-0.2, 0) is 23.0 Å². The van der Waals surface area contributed by atoms with Crippen molar-refractivity contribution in [3.05, 3.63) is 67.8 Å². The van der Waals surface area contributed by atoms with Crippen molar-refractivity contribution in [2.45, 2.75) is 13.3 Å². The normalized spacial score (nSPS) is 17.7. The SMILES string of the molecule is Cc1c(C=C2SC(=S)N(CCc3ccccc3)C2=O)c(N2CCOCC2)n(C)c(=O)c1C#N. The van der Waals surface area contributed by atoms with Crippen molar-refractivity contribution in [3.8, 4) is 6.07 Å². The van der Waals surface area contributed by atoms with Crippen molar-refractivity contribution in [3.63, 3.8) is 0 Å². The van der Waals surface area contributed by atoms with Crippen LogP contribution < -0.4 is 10.5 Å². The minimum absolute atomic E-state index is 0.0836. The first-order chi connectivity index (χ1) is 15.9. The summed E-state index contributed by atoms with van der Waals surface area (Å²) in [5.74, 6) is 0.537. The molecule has 0 bridgehead atoms. The molecule has 7 nitrogen and oxygen atoms in total. The lowest BCUT2D eigenvalue weighted by atomic mass is 10.0. The second-order valence-corrected chi connectivity index (χ2v) is 9.56. The average Bonchev–Trinajstić information content (AvgIpc) is 3.10. The standard InChI is InChI=1S/C24H24N4O3S2/c1-16-18(21(27-10-12-31-13-11-27)26(2)22(29)19(16)15-25)14-20-23(30)28(24(32)33-20)9-8-17-6-4-3-5-7-17/h3-7,14H,8-13H2,1-2H3. The highest BCUT2D eigenvalue weighted by atomic mass is 32.2. The van der Waals surface area contributed by atoms with Gasteiger partial charge in [0.15, 0.2) is 0 Å². The summed E-state index contributed by atoms with van der Waals surface area (Å²) in [7, 11) is 1.66. The van der Waals surface area contributed by atoms with Gasteiger partial charge in [-0.15, -0.1) is 0 Å². The molecule has 170 valence electrons. The molecule has 0 saturated carbocycles. The van der Waals surface area contributed by atoms with Gasteiger partial charge in [-0.2, -0.15) is 5.26 Å². The van der Waals surface area contributed by atoms with Gasteiger partial charge in [0.25, 0.3) is 11.5 Å². The minimum Gasteiger partial charge on any atom is -0.378 e. The maximum atomic E-state index is 13.2. The lowest BCUT2D eigenvalue weighted by Crippen LogP contribution is -2.40. The number of morpholine rings is 1. The van der Waals surface area contributed by atoms with Crippen molar-refractivity contribution < 1.29 is 9.53 Å². The Labute approximate surface area is 202 Å². The number of nitrogens with zero attached hydrogens (tertiary/aromatic N) is 4. The first-order valence-electron chi connectivity index (χ1n) is 10.7. The van der Waals surface area contributed by atoms with Crippen LogP contribution in [0.1, 0.15) is 22.3 Å². The second-order valence-electron chi connectivity index (χ2n) is 7.88. The Balaban J connectivity index is 1.71. The van der Waals surface area contributed by atoms with Gasteiger partial charge < -0.3 is 9.64 Å². The molecule has 1 aromatic heterocycles. The fourth-order valence-electron chi connectivity index (χ4n) is 4.08. The van der Waals surface area contributed by atoms with E-state index in [0.717, 1.165) is 5.56 Å². The number of anilines is 1. The number of aromatic nitrogens is 1. The molecule has 0 unspecified atom stereocenters. The second kappa shape index (κ2) is 9.91. The van der Waals surface area contributed by atoms with Gasteiger partial charge in [0.1, 0.15) is 21.8 Å². The van der Waals surface area contributed by atoms with E-state index in [2.05, 4.69) is 4.90 Å².